The van der Waals surface area contributed by atoms with Crippen LogP contribution in [0.15, 0.2) is 0 Å². The molecule has 0 spiro atoms. The van der Waals surface area contributed by atoms with Crippen LogP contribution in [0.25, 0.3) is 0 Å². The number of nitrogens with one attached hydrogen (secondary N) is 1. The zero-order valence-corrected chi connectivity index (χ0v) is 10.1. The molecule has 1 aliphatic rings. The Bertz CT molecular complexity index is 179. The summed E-state index contributed by atoms with van der Waals surface area (Å²) in [5.41, 5.74) is -0.0160. The number of hydrogen-bond acceptors (Lipinski definition) is 4. The second-order valence-corrected chi connectivity index (χ2v) is 4.95. The molecule has 0 aromatic heterocycles. The lowest BCUT2D eigenvalue weighted by Crippen LogP contribution is -2.42. The minimum absolute atomic E-state index is 0.0160. The van der Waals surface area contributed by atoms with Gasteiger partial charge in [0.15, 0.2) is 0 Å². The first-order valence-corrected chi connectivity index (χ1v) is 5.69. The predicted octanol–water partition coefficient (Wildman–Crippen LogP) is 0.0676. The summed E-state index contributed by atoms with van der Waals surface area (Å²) in [7, 11) is 3.93. The molecule has 0 bridgehead atoms. The Balaban J connectivity index is 2.10. The summed E-state index contributed by atoms with van der Waals surface area (Å²) in [5.74, 6) is 0. The largest absolute Gasteiger partial charge is 0.390 e. The average molecular weight is 216 g/mol. The highest BCUT2D eigenvalue weighted by molar-refractivity contribution is 4.82. The van der Waals surface area contributed by atoms with E-state index in [1.54, 1.807) is 0 Å². The Morgan fingerprint density at radius 3 is 2.80 bits per heavy atom. The Morgan fingerprint density at radius 1 is 1.53 bits per heavy atom. The van der Waals surface area contributed by atoms with Crippen LogP contribution in [0.4, 0.5) is 0 Å². The zero-order valence-electron chi connectivity index (χ0n) is 10.1. The Labute approximate surface area is 92.6 Å². The van der Waals surface area contributed by atoms with Crippen LogP contribution in [-0.2, 0) is 4.74 Å². The summed E-state index contributed by atoms with van der Waals surface area (Å²) < 4.78 is 5.65. The molecule has 0 radical (unpaired) electrons. The number of aliphatic hydroxyl groups is 1. The highest BCUT2D eigenvalue weighted by atomic mass is 16.5. The summed E-state index contributed by atoms with van der Waals surface area (Å²) in [4.78, 5) is 1.99. The quantitative estimate of drug-likeness (QED) is 0.659. The summed E-state index contributed by atoms with van der Waals surface area (Å²) in [6, 6.07) is 0. The third kappa shape index (κ3) is 4.93. The third-order valence-corrected chi connectivity index (χ3v) is 2.76. The van der Waals surface area contributed by atoms with Gasteiger partial charge in [0, 0.05) is 26.2 Å². The number of ether oxygens (including phenoxy) is 1. The first-order chi connectivity index (χ1) is 7.02. The van der Waals surface area contributed by atoms with Crippen molar-refractivity contribution in [1.82, 2.24) is 10.2 Å². The van der Waals surface area contributed by atoms with Gasteiger partial charge >= 0.3 is 0 Å². The van der Waals surface area contributed by atoms with Crippen molar-refractivity contribution in [2.24, 2.45) is 0 Å². The van der Waals surface area contributed by atoms with Crippen molar-refractivity contribution in [3.05, 3.63) is 0 Å². The number of rotatable bonds is 6. The lowest BCUT2D eigenvalue weighted by Gasteiger charge is -2.25. The third-order valence-electron chi connectivity index (χ3n) is 2.76. The smallest absolute Gasteiger partial charge is 0.0791 e. The number of hydrogen-bond donors (Lipinski definition) is 2. The molecule has 0 aliphatic carbocycles. The zero-order chi connectivity index (χ0) is 11.3. The molecule has 4 heteroatoms. The van der Waals surface area contributed by atoms with Crippen LogP contribution >= 0.6 is 0 Å². The van der Waals surface area contributed by atoms with Crippen molar-refractivity contribution in [3.8, 4) is 0 Å². The first-order valence-electron chi connectivity index (χ1n) is 5.69. The van der Waals surface area contributed by atoms with E-state index in [9.17, 15) is 5.11 Å². The van der Waals surface area contributed by atoms with E-state index in [1.165, 1.54) is 0 Å². The molecule has 2 N–H and O–H groups in total. The van der Waals surface area contributed by atoms with Gasteiger partial charge in [0.05, 0.1) is 11.7 Å². The van der Waals surface area contributed by atoms with Crippen LogP contribution in [0, 0.1) is 0 Å². The molecule has 0 aromatic carbocycles. The molecule has 2 atom stereocenters. The Hall–Kier alpha value is -0.160. The minimum Gasteiger partial charge on any atom is -0.390 e. The normalized spacial score (nSPS) is 28.6. The maximum atomic E-state index is 9.63. The van der Waals surface area contributed by atoms with E-state index in [1.807, 2.05) is 19.0 Å². The van der Waals surface area contributed by atoms with E-state index in [2.05, 4.69) is 12.2 Å². The van der Waals surface area contributed by atoms with Gasteiger partial charge in [-0.1, -0.05) is 0 Å². The molecule has 1 rings (SSSR count). The van der Waals surface area contributed by atoms with Crippen molar-refractivity contribution in [3.63, 3.8) is 0 Å². The van der Waals surface area contributed by atoms with Gasteiger partial charge < -0.3 is 20.1 Å². The van der Waals surface area contributed by atoms with Gasteiger partial charge in [0.25, 0.3) is 0 Å². The number of aliphatic hydroxyl groups excluding tert-OH is 1. The van der Waals surface area contributed by atoms with E-state index in [4.69, 9.17) is 4.74 Å². The van der Waals surface area contributed by atoms with Crippen molar-refractivity contribution >= 4 is 0 Å². The Morgan fingerprint density at radius 2 is 2.27 bits per heavy atom. The fraction of sp³-hybridized carbons (Fsp3) is 1.00. The molecule has 4 nitrogen and oxygen atoms in total. The molecule has 1 saturated heterocycles. The van der Waals surface area contributed by atoms with Gasteiger partial charge in [-0.2, -0.15) is 0 Å². The second-order valence-electron chi connectivity index (χ2n) is 4.95. The molecule has 1 aliphatic heterocycles. The van der Waals surface area contributed by atoms with Crippen LogP contribution in [-0.4, -0.2) is 62.0 Å². The summed E-state index contributed by atoms with van der Waals surface area (Å²) in [5, 5.41) is 12.9. The molecule has 2 unspecified atom stereocenters. The van der Waals surface area contributed by atoms with Crippen LogP contribution in [0.5, 0.6) is 0 Å². The van der Waals surface area contributed by atoms with E-state index in [0.717, 1.165) is 26.0 Å². The van der Waals surface area contributed by atoms with Crippen LogP contribution in [0.3, 0.4) is 0 Å². The molecule has 0 aromatic rings. The summed E-state index contributed by atoms with van der Waals surface area (Å²) in [6.07, 6.45) is 1.97. The topological polar surface area (TPSA) is 44.7 Å². The molecular formula is C11H24N2O2. The van der Waals surface area contributed by atoms with E-state index >= 15 is 0 Å². The van der Waals surface area contributed by atoms with Crippen molar-refractivity contribution in [2.45, 2.75) is 31.5 Å². The molecule has 15 heavy (non-hydrogen) atoms. The maximum Gasteiger partial charge on any atom is 0.0791 e. The van der Waals surface area contributed by atoms with Gasteiger partial charge in [-0.15, -0.1) is 0 Å². The van der Waals surface area contributed by atoms with Gasteiger partial charge in [0.1, 0.15) is 0 Å². The Kier molecular flexibility index (Phi) is 4.99. The first kappa shape index (κ1) is 12.9. The average Bonchev–Trinajstić information content (AvgIpc) is 2.51. The lowest BCUT2D eigenvalue weighted by molar-refractivity contribution is 0.0179. The SMILES string of the molecule is CN(C)CC(O)CNCC1(C)CCCO1. The minimum atomic E-state index is -0.301. The van der Waals surface area contributed by atoms with Crippen molar-refractivity contribution < 1.29 is 9.84 Å². The van der Waals surface area contributed by atoms with E-state index in [0.29, 0.717) is 13.1 Å². The molecule has 0 saturated carbocycles. The van der Waals surface area contributed by atoms with Crippen LogP contribution in [0.2, 0.25) is 0 Å². The highest BCUT2D eigenvalue weighted by Gasteiger charge is 2.29. The number of nitrogens with zero attached hydrogens (tertiary/aromatic N) is 1. The van der Waals surface area contributed by atoms with Gasteiger partial charge in [-0.3, -0.25) is 0 Å². The van der Waals surface area contributed by atoms with E-state index in [-0.39, 0.29) is 11.7 Å². The highest BCUT2D eigenvalue weighted by Crippen LogP contribution is 2.23. The van der Waals surface area contributed by atoms with Gasteiger partial charge in [-0.25, -0.2) is 0 Å². The maximum absolute atomic E-state index is 9.63. The predicted molar refractivity (Wildman–Crippen MR) is 61.0 cm³/mol. The lowest BCUT2D eigenvalue weighted by atomic mass is 10.0. The molecule has 90 valence electrons. The van der Waals surface area contributed by atoms with Gasteiger partial charge in [0.2, 0.25) is 0 Å². The molecule has 1 heterocycles. The van der Waals surface area contributed by atoms with Crippen molar-refractivity contribution in [1.29, 1.82) is 0 Å². The van der Waals surface area contributed by atoms with Crippen LogP contribution in [0.1, 0.15) is 19.8 Å². The van der Waals surface area contributed by atoms with Crippen LogP contribution < -0.4 is 5.32 Å². The van der Waals surface area contributed by atoms with E-state index < -0.39 is 0 Å². The number of likely N-dealkylation sites (N-methyl/N-ethyl adjacent to an activating group) is 1. The fourth-order valence-corrected chi connectivity index (χ4v) is 1.97. The standard InChI is InChI=1S/C11H24N2O2/c1-11(5-4-6-15-11)9-12-7-10(14)8-13(2)3/h10,12,14H,4-9H2,1-3H3. The summed E-state index contributed by atoms with van der Waals surface area (Å²) >= 11 is 0. The molecule has 0 amide bonds. The second kappa shape index (κ2) is 5.80. The summed E-state index contributed by atoms with van der Waals surface area (Å²) in [6.45, 7) is 5.17. The van der Waals surface area contributed by atoms with Crippen molar-refractivity contribution in [2.75, 3.05) is 40.3 Å². The molecular weight excluding hydrogens is 192 g/mol. The van der Waals surface area contributed by atoms with Gasteiger partial charge in [-0.05, 0) is 33.9 Å². The monoisotopic (exact) mass is 216 g/mol. The fourth-order valence-electron chi connectivity index (χ4n) is 1.97. The molecule has 1 fully saturated rings.